The molecule has 0 spiro atoms. The Bertz CT molecular complexity index is 1160. The van der Waals surface area contributed by atoms with Crippen LogP contribution >= 0.6 is 11.6 Å². The smallest absolute Gasteiger partial charge is 0.271 e. The molecule has 33 heavy (non-hydrogen) atoms. The van der Waals surface area contributed by atoms with Crippen LogP contribution in [0.5, 0.6) is 17.2 Å². The fourth-order valence-corrected chi connectivity index (χ4v) is 3.08. The van der Waals surface area contributed by atoms with Gasteiger partial charge in [-0.1, -0.05) is 47.9 Å². The van der Waals surface area contributed by atoms with E-state index in [1.165, 1.54) is 6.21 Å². The average Bonchev–Trinajstić information content (AvgIpc) is 2.83. The van der Waals surface area contributed by atoms with E-state index < -0.39 is 0 Å². The van der Waals surface area contributed by atoms with Crippen molar-refractivity contribution in [2.75, 3.05) is 13.2 Å². The summed E-state index contributed by atoms with van der Waals surface area (Å²) in [6, 6.07) is 19.9. The molecule has 0 bridgehead atoms. The quantitative estimate of drug-likeness (QED) is 0.259. The minimum atomic E-state index is -0.387. The number of halogens is 1. The zero-order valence-electron chi connectivity index (χ0n) is 18.1. The van der Waals surface area contributed by atoms with Crippen LogP contribution in [0.25, 0.3) is 0 Å². The summed E-state index contributed by atoms with van der Waals surface area (Å²) in [5.74, 6) is 3.52. The summed E-state index contributed by atoms with van der Waals surface area (Å²) in [5.41, 5.74) is 4.61. The summed E-state index contributed by atoms with van der Waals surface area (Å²) in [4.78, 5) is 12.5. The third-order valence-electron chi connectivity index (χ3n) is 4.39. The lowest BCUT2D eigenvalue weighted by Gasteiger charge is -2.13. The number of benzene rings is 3. The number of hydrogen-bond acceptors (Lipinski definition) is 5. The summed E-state index contributed by atoms with van der Waals surface area (Å²) in [5, 5.41) is 4.39. The Hall–Kier alpha value is -3.95. The maximum atomic E-state index is 12.5. The molecule has 3 aromatic carbocycles. The highest BCUT2D eigenvalue weighted by Gasteiger charge is 2.12. The largest absolute Gasteiger partial charge is 0.490 e. The molecule has 1 N–H and O–H groups in total. The first-order valence-electron chi connectivity index (χ1n) is 10.2. The molecule has 0 aliphatic heterocycles. The predicted octanol–water partition coefficient (Wildman–Crippen LogP) is 5.09. The second-order valence-electron chi connectivity index (χ2n) is 6.75. The summed E-state index contributed by atoms with van der Waals surface area (Å²) >= 11 is 6.16. The van der Waals surface area contributed by atoms with E-state index in [2.05, 4.69) is 16.4 Å². The summed E-state index contributed by atoms with van der Waals surface area (Å²) in [6.07, 6.45) is 6.66. The van der Waals surface area contributed by atoms with Gasteiger partial charge < -0.3 is 14.2 Å². The van der Waals surface area contributed by atoms with E-state index in [-0.39, 0.29) is 12.5 Å². The highest BCUT2D eigenvalue weighted by atomic mass is 35.5. The Morgan fingerprint density at radius 2 is 1.82 bits per heavy atom. The van der Waals surface area contributed by atoms with Gasteiger partial charge in [-0.2, -0.15) is 5.10 Å². The van der Waals surface area contributed by atoms with E-state index in [4.69, 9.17) is 32.2 Å². The Kier molecular flexibility index (Phi) is 8.75. The van der Waals surface area contributed by atoms with Gasteiger partial charge in [-0.05, 0) is 54.4 Å². The maximum absolute atomic E-state index is 12.5. The molecule has 0 saturated carbocycles. The first-order chi connectivity index (χ1) is 16.1. The number of hydrazone groups is 1. The molecule has 0 aromatic heterocycles. The van der Waals surface area contributed by atoms with Crippen molar-refractivity contribution in [3.8, 4) is 29.6 Å². The number of amides is 1. The molecule has 0 heterocycles. The lowest BCUT2D eigenvalue weighted by molar-refractivity contribution is 0.0954. The van der Waals surface area contributed by atoms with Gasteiger partial charge in [0.2, 0.25) is 0 Å². The van der Waals surface area contributed by atoms with Gasteiger partial charge in [-0.25, -0.2) is 5.43 Å². The van der Waals surface area contributed by atoms with Gasteiger partial charge in [0.25, 0.3) is 5.91 Å². The van der Waals surface area contributed by atoms with E-state index in [1.54, 1.807) is 36.4 Å². The van der Waals surface area contributed by atoms with Gasteiger partial charge in [-0.15, -0.1) is 6.42 Å². The molecule has 3 aromatic rings. The van der Waals surface area contributed by atoms with Crippen molar-refractivity contribution in [2.45, 2.75) is 13.5 Å². The van der Waals surface area contributed by atoms with Gasteiger partial charge in [0, 0.05) is 5.56 Å². The van der Waals surface area contributed by atoms with E-state index in [0.717, 1.165) is 5.56 Å². The van der Waals surface area contributed by atoms with Crippen molar-refractivity contribution < 1.29 is 19.0 Å². The van der Waals surface area contributed by atoms with Crippen LogP contribution in [0.1, 0.15) is 28.4 Å². The normalized spacial score (nSPS) is 10.5. The number of terminal acetylenes is 1. The summed E-state index contributed by atoms with van der Waals surface area (Å²) < 4.78 is 16.9. The number of nitrogens with zero attached hydrogens (tertiary/aromatic N) is 1. The van der Waals surface area contributed by atoms with Gasteiger partial charge in [-0.3, -0.25) is 4.79 Å². The van der Waals surface area contributed by atoms with Gasteiger partial charge in [0.15, 0.2) is 11.5 Å². The minimum absolute atomic E-state index is 0.128. The lowest BCUT2D eigenvalue weighted by Crippen LogP contribution is -2.17. The number of nitrogens with one attached hydrogen (secondary N) is 1. The second-order valence-corrected chi connectivity index (χ2v) is 7.16. The number of carbonyl (C=O) groups excluding carboxylic acids is 1. The van der Waals surface area contributed by atoms with E-state index in [1.807, 2.05) is 37.3 Å². The van der Waals surface area contributed by atoms with Crippen LogP contribution < -0.4 is 19.6 Å². The van der Waals surface area contributed by atoms with Crippen LogP contribution in [0.4, 0.5) is 0 Å². The van der Waals surface area contributed by atoms with Crippen LogP contribution in [0.2, 0.25) is 5.02 Å². The highest BCUT2D eigenvalue weighted by molar-refractivity contribution is 6.32. The van der Waals surface area contributed by atoms with Crippen molar-refractivity contribution in [3.63, 3.8) is 0 Å². The molecule has 0 atom stereocenters. The molecule has 0 radical (unpaired) electrons. The molecule has 0 aliphatic rings. The first-order valence-corrected chi connectivity index (χ1v) is 10.6. The number of hydrogen-bond donors (Lipinski definition) is 1. The Morgan fingerprint density at radius 3 is 2.55 bits per heavy atom. The molecule has 3 rings (SSSR count). The van der Waals surface area contributed by atoms with Gasteiger partial charge >= 0.3 is 0 Å². The number of rotatable bonds is 10. The molecule has 0 aliphatic carbocycles. The van der Waals surface area contributed by atoms with Crippen LogP contribution in [0.3, 0.4) is 0 Å². The van der Waals surface area contributed by atoms with Crippen molar-refractivity contribution in [1.82, 2.24) is 5.43 Å². The monoisotopic (exact) mass is 462 g/mol. The van der Waals surface area contributed by atoms with Crippen LogP contribution in [-0.4, -0.2) is 25.3 Å². The number of carbonyl (C=O) groups is 1. The minimum Gasteiger partial charge on any atom is -0.490 e. The SMILES string of the molecule is C#CCOc1ccc(/C=N/NC(=O)c2ccc(OCc3ccccc3)c(OCC)c2)cc1Cl. The second kappa shape index (κ2) is 12.2. The zero-order chi connectivity index (χ0) is 23.5. The average molecular weight is 463 g/mol. The van der Waals surface area contributed by atoms with Crippen molar-refractivity contribution >= 4 is 23.7 Å². The summed E-state index contributed by atoms with van der Waals surface area (Å²) in [6.45, 7) is 2.83. The van der Waals surface area contributed by atoms with Crippen molar-refractivity contribution in [1.29, 1.82) is 0 Å². The molecule has 6 nitrogen and oxygen atoms in total. The molecular weight excluding hydrogens is 440 g/mol. The molecule has 168 valence electrons. The molecule has 0 fully saturated rings. The molecule has 0 saturated heterocycles. The topological polar surface area (TPSA) is 69.2 Å². The number of ether oxygens (including phenoxy) is 3. The van der Waals surface area contributed by atoms with Gasteiger partial charge in [0.05, 0.1) is 17.8 Å². The van der Waals surface area contributed by atoms with E-state index in [9.17, 15) is 4.79 Å². The van der Waals surface area contributed by atoms with Crippen LogP contribution in [-0.2, 0) is 6.61 Å². The molecule has 1 amide bonds. The first kappa shape index (κ1) is 23.7. The maximum Gasteiger partial charge on any atom is 0.271 e. The lowest BCUT2D eigenvalue weighted by atomic mass is 10.2. The van der Waals surface area contributed by atoms with Crippen LogP contribution in [0.15, 0.2) is 71.8 Å². The van der Waals surface area contributed by atoms with Crippen molar-refractivity contribution in [2.24, 2.45) is 5.10 Å². The Morgan fingerprint density at radius 1 is 1.03 bits per heavy atom. The molecule has 0 unspecified atom stereocenters. The summed E-state index contributed by atoms with van der Waals surface area (Å²) in [7, 11) is 0. The Balaban J connectivity index is 1.63. The van der Waals surface area contributed by atoms with Crippen molar-refractivity contribution in [3.05, 3.63) is 88.4 Å². The third-order valence-corrected chi connectivity index (χ3v) is 4.68. The third kappa shape index (κ3) is 7.03. The van der Waals surface area contributed by atoms with Crippen LogP contribution in [0, 0.1) is 12.3 Å². The fourth-order valence-electron chi connectivity index (χ4n) is 2.84. The standard InChI is InChI=1S/C26H23ClN2O4/c1-3-14-32-23-12-10-20(15-22(23)27)17-28-29-26(30)21-11-13-24(25(16-21)31-4-2)33-18-19-8-6-5-7-9-19/h1,5-13,15-17H,4,14,18H2,2H3,(H,29,30)/b28-17+. The zero-order valence-corrected chi connectivity index (χ0v) is 18.8. The predicted molar refractivity (Wildman–Crippen MR) is 129 cm³/mol. The fraction of sp³-hybridized carbons (Fsp3) is 0.154. The molecular formula is C26H23ClN2O4. The Labute approximate surface area is 198 Å². The van der Waals surface area contributed by atoms with E-state index in [0.29, 0.717) is 46.6 Å². The van der Waals surface area contributed by atoms with Gasteiger partial charge in [0.1, 0.15) is 19.0 Å². The molecule has 7 heteroatoms. The van der Waals surface area contributed by atoms with E-state index >= 15 is 0 Å². The highest BCUT2D eigenvalue weighted by Crippen LogP contribution is 2.29.